The van der Waals surface area contributed by atoms with Crippen LogP contribution in [0.25, 0.3) is 0 Å². The maximum Gasteiger partial charge on any atom is 0.289 e. The lowest BCUT2D eigenvalue weighted by atomic mass is 9.90. The molecular formula is C20H24N2O3S. The summed E-state index contributed by atoms with van der Waals surface area (Å²) in [5.41, 5.74) is 1.36. The number of hydrogen-bond donors (Lipinski definition) is 1. The number of aryl methyl sites for hydroxylation is 1. The van der Waals surface area contributed by atoms with Crippen LogP contribution in [0.15, 0.2) is 28.9 Å². The molecule has 2 amide bonds. The number of piperidine rings is 1. The first kappa shape index (κ1) is 17.3. The van der Waals surface area contributed by atoms with Gasteiger partial charge in [-0.05, 0) is 61.8 Å². The fraction of sp³-hybridized carbons (Fsp3) is 0.500. The van der Waals surface area contributed by atoms with Crippen molar-refractivity contribution in [3.8, 4) is 0 Å². The van der Waals surface area contributed by atoms with Crippen molar-refractivity contribution in [3.05, 3.63) is 45.5 Å². The van der Waals surface area contributed by atoms with Crippen molar-refractivity contribution >= 4 is 23.2 Å². The molecule has 0 spiro atoms. The van der Waals surface area contributed by atoms with E-state index in [-0.39, 0.29) is 17.9 Å². The molecule has 1 N–H and O–H groups in total. The highest BCUT2D eigenvalue weighted by Gasteiger charge is 2.27. The van der Waals surface area contributed by atoms with E-state index in [1.807, 2.05) is 0 Å². The van der Waals surface area contributed by atoms with Crippen LogP contribution in [0.3, 0.4) is 0 Å². The van der Waals surface area contributed by atoms with Crippen molar-refractivity contribution in [3.63, 3.8) is 0 Å². The molecule has 26 heavy (non-hydrogen) atoms. The molecule has 0 aromatic carbocycles. The summed E-state index contributed by atoms with van der Waals surface area (Å²) in [6.07, 6.45) is 6.48. The van der Waals surface area contributed by atoms with Crippen LogP contribution in [0.2, 0.25) is 0 Å². The molecule has 1 aliphatic carbocycles. The molecule has 2 aromatic rings. The van der Waals surface area contributed by atoms with E-state index >= 15 is 0 Å². The second kappa shape index (κ2) is 7.27. The van der Waals surface area contributed by atoms with E-state index in [0.717, 1.165) is 30.6 Å². The van der Waals surface area contributed by atoms with Gasteiger partial charge in [-0.1, -0.05) is 6.92 Å². The van der Waals surface area contributed by atoms with Crippen LogP contribution in [-0.2, 0) is 12.8 Å². The third kappa shape index (κ3) is 3.56. The molecule has 4 rings (SSSR count). The van der Waals surface area contributed by atoms with Crippen LogP contribution in [0.5, 0.6) is 0 Å². The third-order valence-corrected chi connectivity index (χ3v) is 6.64. The number of fused-ring (bicyclic) bond motifs is 1. The minimum absolute atomic E-state index is 0.0351. The van der Waals surface area contributed by atoms with E-state index in [0.29, 0.717) is 24.8 Å². The van der Waals surface area contributed by atoms with Crippen molar-refractivity contribution in [2.45, 2.75) is 45.1 Å². The van der Waals surface area contributed by atoms with Crippen LogP contribution >= 0.6 is 11.3 Å². The lowest BCUT2D eigenvalue weighted by Crippen LogP contribution is -2.46. The van der Waals surface area contributed by atoms with Gasteiger partial charge < -0.3 is 14.6 Å². The molecule has 1 atom stereocenters. The van der Waals surface area contributed by atoms with Gasteiger partial charge in [0, 0.05) is 24.0 Å². The number of nitrogens with zero attached hydrogens (tertiary/aromatic N) is 1. The number of carbonyl (C=O) groups is 2. The second-order valence-electron chi connectivity index (χ2n) is 7.42. The highest BCUT2D eigenvalue weighted by molar-refractivity contribution is 7.14. The highest BCUT2D eigenvalue weighted by atomic mass is 32.1. The molecule has 1 saturated heterocycles. The second-order valence-corrected chi connectivity index (χ2v) is 8.56. The topological polar surface area (TPSA) is 62.6 Å². The first-order chi connectivity index (χ1) is 12.6. The number of furan rings is 1. The number of rotatable bonds is 3. The molecule has 1 fully saturated rings. The van der Waals surface area contributed by atoms with Gasteiger partial charge in [0.15, 0.2) is 5.76 Å². The number of amides is 2. The summed E-state index contributed by atoms with van der Waals surface area (Å²) in [5.74, 6) is 1.06. The molecule has 6 heteroatoms. The predicted octanol–water partition coefficient (Wildman–Crippen LogP) is 3.50. The lowest BCUT2D eigenvalue weighted by molar-refractivity contribution is 0.0667. The third-order valence-electron chi connectivity index (χ3n) is 5.40. The Hall–Kier alpha value is -2.08. The normalized spacial score (nSPS) is 20.7. The summed E-state index contributed by atoms with van der Waals surface area (Å²) in [5, 5.41) is 3.16. The minimum atomic E-state index is -0.0696. The van der Waals surface area contributed by atoms with Gasteiger partial charge in [-0.3, -0.25) is 9.59 Å². The number of nitrogens with one attached hydrogen (secondary N) is 1. The summed E-state index contributed by atoms with van der Waals surface area (Å²) >= 11 is 1.65. The van der Waals surface area contributed by atoms with Gasteiger partial charge in [0.05, 0.1) is 11.1 Å². The van der Waals surface area contributed by atoms with Crippen LogP contribution in [0.4, 0.5) is 0 Å². The summed E-state index contributed by atoms with van der Waals surface area (Å²) in [7, 11) is 0. The van der Waals surface area contributed by atoms with Gasteiger partial charge in [0.1, 0.15) is 0 Å². The zero-order chi connectivity index (χ0) is 18.1. The Morgan fingerprint density at radius 1 is 1.27 bits per heavy atom. The lowest BCUT2D eigenvalue weighted by Gasteiger charge is -2.31. The largest absolute Gasteiger partial charge is 0.459 e. The molecule has 3 heterocycles. The zero-order valence-electron chi connectivity index (χ0n) is 15.0. The molecular weight excluding hydrogens is 348 g/mol. The molecule has 0 bridgehead atoms. The van der Waals surface area contributed by atoms with Gasteiger partial charge >= 0.3 is 0 Å². The van der Waals surface area contributed by atoms with E-state index in [1.165, 1.54) is 23.1 Å². The quantitative estimate of drug-likeness (QED) is 0.897. The summed E-state index contributed by atoms with van der Waals surface area (Å²) in [4.78, 5) is 28.9. The standard InChI is InChI=1S/C20H24N2O3S/c1-13-4-5-17-14(11-13)12-18(26-17)19(23)21-15-6-8-22(9-7-15)20(24)16-3-2-10-25-16/h2-3,10,12-13,15H,4-9,11H2,1H3,(H,21,23). The molecule has 0 saturated carbocycles. The van der Waals surface area contributed by atoms with E-state index in [9.17, 15) is 9.59 Å². The number of likely N-dealkylation sites (tertiary alicyclic amines) is 1. The summed E-state index contributed by atoms with van der Waals surface area (Å²) in [6, 6.07) is 5.62. The Bertz CT molecular complexity index is 788. The Morgan fingerprint density at radius 2 is 2.08 bits per heavy atom. The molecule has 0 radical (unpaired) electrons. The highest BCUT2D eigenvalue weighted by Crippen LogP contribution is 2.32. The maximum atomic E-state index is 12.6. The molecule has 1 aliphatic heterocycles. The SMILES string of the molecule is CC1CCc2sc(C(=O)NC3CCN(C(=O)c4ccco4)CC3)cc2C1. The van der Waals surface area contributed by atoms with Crippen molar-refractivity contribution < 1.29 is 14.0 Å². The molecule has 138 valence electrons. The van der Waals surface area contributed by atoms with Crippen LogP contribution in [-0.4, -0.2) is 35.8 Å². The fourth-order valence-electron chi connectivity index (χ4n) is 3.86. The fourth-order valence-corrected chi connectivity index (χ4v) is 4.97. The first-order valence-corrected chi connectivity index (χ1v) is 10.2. The predicted molar refractivity (Wildman–Crippen MR) is 101 cm³/mol. The van der Waals surface area contributed by atoms with E-state index in [1.54, 1.807) is 28.4 Å². The van der Waals surface area contributed by atoms with E-state index in [4.69, 9.17) is 4.42 Å². The average molecular weight is 372 g/mol. The number of hydrogen-bond acceptors (Lipinski definition) is 4. The van der Waals surface area contributed by atoms with Gasteiger partial charge in [-0.15, -0.1) is 11.3 Å². The first-order valence-electron chi connectivity index (χ1n) is 9.35. The van der Waals surface area contributed by atoms with Crippen LogP contribution in [0.1, 0.15) is 56.9 Å². The minimum Gasteiger partial charge on any atom is -0.459 e. The summed E-state index contributed by atoms with van der Waals surface area (Å²) < 4.78 is 5.19. The van der Waals surface area contributed by atoms with Gasteiger partial charge in [-0.25, -0.2) is 0 Å². The monoisotopic (exact) mass is 372 g/mol. The van der Waals surface area contributed by atoms with Gasteiger partial charge in [0.2, 0.25) is 0 Å². The Kier molecular flexibility index (Phi) is 4.85. The number of thiophene rings is 1. The van der Waals surface area contributed by atoms with Crippen molar-refractivity contribution in [2.24, 2.45) is 5.92 Å². The van der Waals surface area contributed by atoms with Crippen molar-refractivity contribution in [1.29, 1.82) is 0 Å². The maximum absolute atomic E-state index is 12.6. The Morgan fingerprint density at radius 3 is 2.81 bits per heavy atom. The Balaban J connectivity index is 1.32. The zero-order valence-corrected chi connectivity index (χ0v) is 15.8. The number of carbonyl (C=O) groups excluding carboxylic acids is 2. The Labute approximate surface area is 157 Å². The van der Waals surface area contributed by atoms with Gasteiger partial charge in [-0.2, -0.15) is 0 Å². The summed E-state index contributed by atoms with van der Waals surface area (Å²) in [6.45, 7) is 3.56. The van der Waals surface area contributed by atoms with Crippen LogP contribution < -0.4 is 5.32 Å². The smallest absolute Gasteiger partial charge is 0.289 e. The molecule has 5 nitrogen and oxygen atoms in total. The van der Waals surface area contributed by atoms with Crippen LogP contribution in [0, 0.1) is 5.92 Å². The van der Waals surface area contributed by atoms with E-state index in [2.05, 4.69) is 18.3 Å². The van der Waals surface area contributed by atoms with Crippen molar-refractivity contribution in [2.75, 3.05) is 13.1 Å². The van der Waals surface area contributed by atoms with Crippen molar-refractivity contribution in [1.82, 2.24) is 10.2 Å². The average Bonchev–Trinajstić information content (AvgIpc) is 3.31. The van der Waals surface area contributed by atoms with Gasteiger partial charge in [0.25, 0.3) is 11.8 Å². The molecule has 1 unspecified atom stereocenters. The molecule has 2 aromatic heterocycles. The van der Waals surface area contributed by atoms with E-state index < -0.39 is 0 Å². The molecule has 2 aliphatic rings.